The zero-order valence-electron chi connectivity index (χ0n) is 8.87. The summed E-state index contributed by atoms with van der Waals surface area (Å²) in [7, 11) is 0. The highest BCUT2D eigenvalue weighted by Crippen LogP contribution is 2.14. The number of hydrogen-bond acceptors (Lipinski definition) is 3. The Labute approximate surface area is 86.0 Å². The molecule has 1 heterocycles. The van der Waals surface area contributed by atoms with E-state index in [2.05, 4.69) is 6.07 Å². The van der Waals surface area contributed by atoms with Gasteiger partial charge in [0.1, 0.15) is 0 Å². The van der Waals surface area contributed by atoms with Gasteiger partial charge in [0.2, 0.25) is 0 Å². The molecule has 3 nitrogen and oxygen atoms in total. The maximum Gasteiger partial charge on any atom is 0.0808 e. The number of rotatable bonds is 5. The topological polar surface area (TPSA) is 42.2 Å². The van der Waals surface area contributed by atoms with E-state index in [0.717, 1.165) is 19.4 Å². The van der Waals surface area contributed by atoms with Gasteiger partial charge in [0.05, 0.1) is 31.3 Å². The molecule has 1 aliphatic rings. The van der Waals surface area contributed by atoms with Crippen molar-refractivity contribution >= 4 is 0 Å². The van der Waals surface area contributed by atoms with Crippen LogP contribution in [0.3, 0.4) is 0 Å². The number of ether oxygens (including phenoxy) is 2. The van der Waals surface area contributed by atoms with Crippen molar-refractivity contribution in [1.82, 2.24) is 0 Å². The Morgan fingerprint density at radius 2 is 2.43 bits per heavy atom. The van der Waals surface area contributed by atoms with Crippen LogP contribution in [0.25, 0.3) is 0 Å². The minimum Gasteiger partial charge on any atom is -0.376 e. The lowest BCUT2D eigenvalue weighted by Crippen LogP contribution is -2.27. The molecular formula is C11H19NO2. The highest BCUT2D eigenvalue weighted by atomic mass is 16.5. The average molecular weight is 197 g/mol. The van der Waals surface area contributed by atoms with Crippen molar-refractivity contribution in [1.29, 1.82) is 5.26 Å². The Bertz CT molecular complexity index is 182. The fourth-order valence-electron chi connectivity index (χ4n) is 1.61. The fraction of sp³-hybridized carbons (Fsp3) is 0.909. The van der Waals surface area contributed by atoms with E-state index in [1.807, 2.05) is 6.92 Å². The van der Waals surface area contributed by atoms with Crippen molar-refractivity contribution in [2.75, 3.05) is 13.2 Å². The predicted octanol–water partition coefficient (Wildman–Crippen LogP) is 2.26. The van der Waals surface area contributed by atoms with Gasteiger partial charge in [-0.05, 0) is 25.7 Å². The van der Waals surface area contributed by atoms with Crippen molar-refractivity contribution in [3.63, 3.8) is 0 Å². The van der Waals surface area contributed by atoms with Crippen molar-refractivity contribution in [2.24, 2.45) is 0 Å². The third kappa shape index (κ3) is 4.08. The van der Waals surface area contributed by atoms with Crippen LogP contribution in [0.5, 0.6) is 0 Å². The molecule has 0 aromatic carbocycles. The maximum atomic E-state index is 8.54. The van der Waals surface area contributed by atoms with Gasteiger partial charge in [0, 0.05) is 6.61 Å². The second kappa shape index (κ2) is 6.80. The summed E-state index contributed by atoms with van der Waals surface area (Å²) in [6.45, 7) is 3.56. The SMILES string of the molecule is CCC(CC#N)OCC1CCCCO1. The molecule has 0 N–H and O–H groups in total. The lowest BCUT2D eigenvalue weighted by Gasteiger charge is -2.24. The largest absolute Gasteiger partial charge is 0.376 e. The number of nitrogens with zero attached hydrogens (tertiary/aromatic N) is 1. The Hall–Kier alpha value is -0.590. The summed E-state index contributed by atoms with van der Waals surface area (Å²) in [6.07, 6.45) is 5.25. The van der Waals surface area contributed by atoms with E-state index in [4.69, 9.17) is 14.7 Å². The van der Waals surface area contributed by atoms with Crippen LogP contribution in [0, 0.1) is 11.3 Å². The molecule has 0 aromatic rings. The van der Waals surface area contributed by atoms with Gasteiger partial charge in [-0.3, -0.25) is 0 Å². The van der Waals surface area contributed by atoms with E-state index < -0.39 is 0 Å². The minimum atomic E-state index is 0.0885. The van der Waals surface area contributed by atoms with E-state index in [1.54, 1.807) is 0 Å². The summed E-state index contributed by atoms with van der Waals surface area (Å²) < 4.78 is 11.2. The first-order chi connectivity index (χ1) is 6.86. The summed E-state index contributed by atoms with van der Waals surface area (Å²) in [4.78, 5) is 0. The molecule has 1 rings (SSSR count). The van der Waals surface area contributed by atoms with Crippen LogP contribution in [0.2, 0.25) is 0 Å². The van der Waals surface area contributed by atoms with Crippen LogP contribution < -0.4 is 0 Å². The van der Waals surface area contributed by atoms with Gasteiger partial charge >= 0.3 is 0 Å². The summed E-state index contributed by atoms with van der Waals surface area (Å²) in [5.41, 5.74) is 0. The molecule has 0 spiro atoms. The molecule has 1 fully saturated rings. The van der Waals surface area contributed by atoms with Crippen LogP contribution in [0.1, 0.15) is 39.0 Å². The minimum absolute atomic E-state index is 0.0885. The molecule has 2 unspecified atom stereocenters. The maximum absolute atomic E-state index is 8.54. The van der Waals surface area contributed by atoms with Crippen LogP contribution in [-0.4, -0.2) is 25.4 Å². The molecule has 0 aromatic heterocycles. The zero-order valence-corrected chi connectivity index (χ0v) is 8.87. The van der Waals surface area contributed by atoms with Crippen molar-refractivity contribution in [3.8, 4) is 6.07 Å². The molecule has 0 radical (unpaired) electrons. The molecule has 1 saturated heterocycles. The van der Waals surface area contributed by atoms with Gasteiger partial charge in [-0.25, -0.2) is 0 Å². The first kappa shape index (κ1) is 11.5. The van der Waals surface area contributed by atoms with Crippen molar-refractivity contribution in [3.05, 3.63) is 0 Å². The predicted molar refractivity (Wildman–Crippen MR) is 53.9 cm³/mol. The van der Waals surface area contributed by atoms with E-state index in [1.165, 1.54) is 12.8 Å². The Balaban J connectivity index is 2.14. The van der Waals surface area contributed by atoms with Gasteiger partial charge in [0.15, 0.2) is 0 Å². The Morgan fingerprint density at radius 3 is 3.00 bits per heavy atom. The van der Waals surface area contributed by atoms with Crippen LogP contribution in [-0.2, 0) is 9.47 Å². The smallest absolute Gasteiger partial charge is 0.0808 e. The van der Waals surface area contributed by atoms with E-state index in [-0.39, 0.29) is 12.2 Å². The van der Waals surface area contributed by atoms with Crippen molar-refractivity contribution < 1.29 is 9.47 Å². The lowest BCUT2D eigenvalue weighted by atomic mass is 10.1. The molecule has 14 heavy (non-hydrogen) atoms. The molecule has 0 bridgehead atoms. The molecule has 80 valence electrons. The monoisotopic (exact) mass is 197 g/mol. The van der Waals surface area contributed by atoms with Gasteiger partial charge in [-0.15, -0.1) is 0 Å². The van der Waals surface area contributed by atoms with Gasteiger partial charge in [-0.2, -0.15) is 5.26 Å². The average Bonchev–Trinajstić information content (AvgIpc) is 2.25. The van der Waals surface area contributed by atoms with Crippen LogP contribution in [0.15, 0.2) is 0 Å². The fourth-order valence-corrected chi connectivity index (χ4v) is 1.61. The molecule has 0 aliphatic carbocycles. The second-order valence-electron chi connectivity index (χ2n) is 3.71. The summed E-state index contributed by atoms with van der Waals surface area (Å²) in [5, 5.41) is 8.54. The summed E-state index contributed by atoms with van der Waals surface area (Å²) in [5.74, 6) is 0. The molecule has 1 aliphatic heterocycles. The summed E-state index contributed by atoms with van der Waals surface area (Å²) in [6, 6.07) is 2.14. The van der Waals surface area contributed by atoms with E-state index in [9.17, 15) is 0 Å². The lowest BCUT2D eigenvalue weighted by molar-refractivity contribution is -0.0624. The second-order valence-corrected chi connectivity index (χ2v) is 3.71. The Morgan fingerprint density at radius 1 is 1.57 bits per heavy atom. The third-order valence-corrected chi connectivity index (χ3v) is 2.57. The first-order valence-electron chi connectivity index (χ1n) is 5.47. The first-order valence-corrected chi connectivity index (χ1v) is 5.47. The highest BCUT2D eigenvalue weighted by Gasteiger charge is 2.15. The number of hydrogen-bond donors (Lipinski definition) is 0. The molecular weight excluding hydrogens is 178 g/mol. The third-order valence-electron chi connectivity index (χ3n) is 2.57. The molecule has 2 atom stereocenters. The van der Waals surface area contributed by atoms with Crippen LogP contribution in [0.4, 0.5) is 0 Å². The highest BCUT2D eigenvalue weighted by molar-refractivity contribution is 4.76. The molecule has 3 heteroatoms. The zero-order chi connectivity index (χ0) is 10.2. The van der Waals surface area contributed by atoms with Crippen molar-refractivity contribution in [2.45, 2.75) is 51.2 Å². The van der Waals surface area contributed by atoms with Gasteiger partial charge in [-0.1, -0.05) is 6.92 Å². The number of nitriles is 1. The molecule has 0 saturated carbocycles. The Kier molecular flexibility index (Phi) is 5.58. The standard InChI is InChI=1S/C11H19NO2/c1-2-10(6-7-12)14-9-11-5-3-4-8-13-11/h10-11H,2-6,8-9H2,1H3. The van der Waals surface area contributed by atoms with Gasteiger partial charge in [0.25, 0.3) is 0 Å². The van der Waals surface area contributed by atoms with E-state index in [0.29, 0.717) is 13.0 Å². The normalized spacial score (nSPS) is 24.1. The quantitative estimate of drug-likeness (QED) is 0.679. The van der Waals surface area contributed by atoms with Crippen LogP contribution >= 0.6 is 0 Å². The van der Waals surface area contributed by atoms with Gasteiger partial charge < -0.3 is 9.47 Å². The summed E-state index contributed by atoms with van der Waals surface area (Å²) >= 11 is 0. The van der Waals surface area contributed by atoms with E-state index >= 15 is 0 Å². The molecule has 0 amide bonds.